The maximum Gasteiger partial charge on any atom is 0.246 e. The smallest absolute Gasteiger partial charge is 0.246 e. The van der Waals surface area contributed by atoms with Crippen LogP contribution in [0.15, 0.2) is 47.2 Å². The van der Waals surface area contributed by atoms with Crippen LogP contribution in [0.4, 0.5) is 5.69 Å². The summed E-state index contributed by atoms with van der Waals surface area (Å²) >= 11 is 0. The third-order valence-corrected chi connectivity index (χ3v) is 3.91. The van der Waals surface area contributed by atoms with Crippen molar-refractivity contribution in [3.05, 3.63) is 48.6 Å². The van der Waals surface area contributed by atoms with Crippen LogP contribution in [0.2, 0.25) is 0 Å². The minimum Gasteiger partial charge on any atom is -0.449 e. The summed E-state index contributed by atoms with van der Waals surface area (Å²) in [5.41, 5.74) is 1.45. The molecule has 2 aromatic heterocycles. The molecular weight excluding hydrogens is 348 g/mol. The molecule has 3 heterocycles. The summed E-state index contributed by atoms with van der Waals surface area (Å²) in [6, 6.07) is 8.88. The number of rotatable bonds is 5. The Labute approximate surface area is 155 Å². The molecular formula is C19H18N4O4. The second-order valence-electron chi connectivity index (χ2n) is 6.56. The Morgan fingerprint density at radius 2 is 1.89 bits per heavy atom. The Kier molecular flexibility index (Phi) is 4.23. The van der Waals surface area contributed by atoms with Crippen LogP contribution in [0.3, 0.4) is 0 Å². The van der Waals surface area contributed by atoms with Crippen molar-refractivity contribution in [2.45, 2.75) is 32.5 Å². The fourth-order valence-electron chi connectivity index (χ4n) is 2.72. The largest absolute Gasteiger partial charge is 0.449 e. The van der Waals surface area contributed by atoms with Crippen LogP contribution >= 0.6 is 0 Å². The van der Waals surface area contributed by atoms with Crippen LogP contribution in [-0.2, 0) is 11.2 Å². The van der Waals surface area contributed by atoms with E-state index in [0.29, 0.717) is 35.3 Å². The van der Waals surface area contributed by atoms with Gasteiger partial charge in [-0.1, -0.05) is 5.16 Å². The van der Waals surface area contributed by atoms with Gasteiger partial charge in [-0.05, 0) is 24.3 Å². The van der Waals surface area contributed by atoms with Gasteiger partial charge >= 0.3 is 0 Å². The molecule has 3 aromatic rings. The summed E-state index contributed by atoms with van der Waals surface area (Å²) < 4.78 is 16.5. The van der Waals surface area contributed by atoms with E-state index in [9.17, 15) is 4.79 Å². The molecule has 8 heteroatoms. The van der Waals surface area contributed by atoms with Crippen LogP contribution in [0, 0.1) is 0 Å². The van der Waals surface area contributed by atoms with Crippen LogP contribution in [0.1, 0.15) is 26.2 Å². The van der Waals surface area contributed by atoms with E-state index < -0.39 is 5.79 Å². The lowest BCUT2D eigenvalue weighted by atomic mass is 10.2. The van der Waals surface area contributed by atoms with Crippen LogP contribution in [-0.4, -0.2) is 26.8 Å². The number of benzene rings is 1. The summed E-state index contributed by atoms with van der Waals surface area (Å²) in [4.78, 5) is 20.5. The molecule has 0 atom stereocenters. The lowest BCUT2D eigenvalue weighted by Crippen LogP contribution is -2.29. The summed E-state index contributed by atoms with van der Waals surface area (Å²) in [6.07, 6.45) is 3.88. The molecule has 27 heavy (non-hydrogen) atoms. The number of aryl methyl sites for hydroxylation is 1. The molecule has 0 saturated heterocycles. The van der Waals surface area contributed by atoms with Crippen LogP contribution in [0.5, 0.6) is 11.5 Å². The highest BCUT2D eigenvalue weighted by Gasteiger charge is 2.31. The van der Waals surface area contributed by atoms with Gasteiger partial charge in [0.1, 0.15) is 0 Å². The highest BCUT2D eigenvalue weighted by atomic mass is 16.7. The monoisotopic (exact) mass is 366 g/mol. The Balaban J connectivity index is 1.34. The number of aromatic nitrogens is 3. The SMILES string of the molecule is CC1(C)Oc2ccc(NC(=O)CCc3nc(-c4ccncc4)no3)cc2O1. The number of ether oxygens (including phenoxy) is 2. The molecule has 8 nitrogen and oxygen atoms in total. The van der Waals surface area contributed by atoms with Crippen molar-refractivity contribution in [2.75, 3.05) is 5.32 Å². The highest BCUT2D eigenvalue weighted by Crippen LogP contribution is 2.40. The number of pyridine rings is 1. The molecule has 138 valence electrons. The van der Waals surface area contributed by atoms with E-state index in [1.54, 1.807) is 42.7 Å². The molecule has 1 N–H and O–H groups in total. The van der Waals surface area contributed by atoms with Gasteiger partial charge in [0, 0.05) is 56.4 Å². The first-order chi connectivity index (χ1) is 13.0. The molecule has 1 aromatic carbocycles. The van der Waals surface area contributed by atoms with Gasteiger partial charge in [-0.2, -0.15) is 4.98 Å². The zero-order valence-electron chi connectivity index (χ0n) is 14.9. The first kappa shape index (κ1) is 17.0. The van der Waals surface area contributed by atoms with Crippen molar-refractivity contribution < 1.29 is 18.8 Å². The second kappa shape index (κ2) is 6.71. The van der Waals surface area contributed by atoms with E-state index in [4.69, 9.17) is 14.0 Å². The van der Waals surface area contributed by atoms with Gasteiger partial charge < -0.3 is 19.3 Å². The molecule has 0 bridgehead atoms. The molecule has 0 radical (unpaired) electrons. The number of anilines is 1. The lowest BCUT2D eigenvalue weighted by Gasteiger charge is -2.16. The first-order valence-electron chi connectivity index (χ1n) is 8.53. The van der Waals surface area contributed by atoms with Crippen molar-refractivity contribution in [1.29, 1.82) is 0 Å². The number of nitrogens with one attached hydrogen (secondary N) is 1. The van der Waals surface area contributed by atoms with E-state index in [1.807, 2.05) is 13.8 Å². The Hall–Kier alpha value is -3.42. The molecule has 0 spiro atoms. The molecule has 0 unspecified atom stereocenters. The number of amides is 1. The van der Waals surface area contributed by atoms with Gasteiger partial charge in [0.25, 0.3) is 0 Å². The second-order valence-corrected chi connectivity index (χ2v) is 6.56. The fourth-order valence-corrected chi connectivity index (χ4v) is 2.72. The van der Waals surface area contributed by atoms with Gasteiger partial charge in [-0.15, -0.1) is 0 Å². The van der Waals surface area contributed by atoms with Crippen molar-refractivity contribution in [3.8, 4) is 22.9 Å². The highest BCUT2D eigenvalue weighted by molar-refractivity contribution is 5.91. The van der Waals surface area contributed by atoms with E-state index in [-0.39, 0.29) is 12.3 Å². The molecule has 4 rings (SSSR count). The topological polar surface area (TPSA) is 99.4 Å². The minimum absolute atomic E-state index is 0.156. The van der Waals surface area contributed by atoms with E-state index in [2.05, 4.69) is 20.4 Å². The van der Waals surface area contributed by atoms with Gasteiger partial charge in [0.15, 0.2) is 11.5 Å². The average Bonchev–Trinajstić information content (AvgIpc) is 3.23. The fraction of sp³-hybridized carbons (Fsp3) is 0.263. The third kappa shape index (κ3) is 3.89. The normalized spacial score (nSPS) is 14.1. The number of carbonyl (C=O) groups excluding carboxylic acids is 1. The maximum atomic E-state index is 12.2. The first-order valence-corrected chi connectivity index (χ1v) is 8.53. The van der Waals surface area contributed by atoms with Crippen molar-refractivity contribution >= 4 is 11.6 Å². The molecule has 1 aliphatic heterocycles. The molecule has 1 aliphatic rings. The third-order valence-electron chi connectivity index (χ3n) is 3.91. The standard InChI is InChI=1S/C19H18N4O4/c1-19(2)25-14-4-3-13(11-15(14)26-19)21-16(24)5-6-17-22-18(23-27-17)12-7-9-20-10-8-12/h3-4,7-11H,5-6H2,1-2H3,(H,21,24). The molecule has 0 aliphatic carbocycles. The number of carbonyl (C=O) groups is 1. The van der Waals surface area contributed by atoms with Gasteiger partial charge in [-0.25, -0.2) is 0 Å². The summed E-state index contributed by atoms with van der Waals surface area (Å²) in [7, 11) is 0. The number of nitrogens with zero attached hydrogens (tertiary/aromatic N) is 3. The number of fused-ring (bicyclic) bond motifs is 1. The van der Waals surface area contributed by atoms with Gasteiger partial charge in [0.05, 0.1) is 0 Å². The summed E-state index contributed by atoms with van der Waals surface area (Å²) in [5, 5.41) is 6.76. The van der Waals surface area contributed by atoms with Crippen LogP contribution < -0.4 is 14.8 Å². The van der Waals surface area contributed by atoms with Gasteiger partial charge in [-0.3, -0.25) is 9.78 Å². The average molecular weight is 366 g/mol. The molecule has 0 fully saturated rings. The molecule has 0 saturated carbocycles. The Morgan fingerprint density at radius 3 is 2.70 bits per heavy atom. The van der Waals surface area contributed by atoms with Crippen molar-refractivity contribution in [2.24, 2.45) is 0 Å². The Morgan fingerprint density at radius 1 is 1.11 bits per heavy atom. The van der Waals surface area contributed by atoms with Gasteiger partial charge in [0.2, 0.25) is 23.4 Å². The van der Waals surface area contributed by atoms with E-state index in [0.717, 1.165) is 5.56 Å². The minimum atomic E-state index is -0.699. The van der Waals surface area contributed by atoms with Crippen LogP contribution in [0.25, 0.3) is 11.4 Å². The predicted octanol–water partition coefficient (Wildman–Crippen LogP) is 3.21. The van der Waals surface area contributed by atoms with Crippen molar-refractivity contribution in [3.63, 3.8) is 0 Å². The zero-order chi connectivity index (χ0) is 18.9. The lowest BCUT2D eigenvalue weighted by molar-refractivity contribution is -0.116. The maximum absolute atomic E-state index is 12.2. The zero-order valence-corrected chi connectivity index (χ0v) is 14.9. The van der Waals surface area contributed by atoms with E-state index >= 15 is 0 Å². The van der Waals surface area contributed by atoms with E-state index in [1.165, 1.54) is 0 Å². The van der Waals surface area contributed by atoms with Crippen molar-refractivity contribution in [1.82, 2.24) is 15.1 Å². The quantitative estimate of drug-likeness (QED) is 0.740. The number of hydrogen-bond acceptors (Lipinski definition) is 7. The summed E-state index contributed by atoms with van der Waals surface area (Å²) in [5.74, 6) is 1.30. The number of hydrogen-bond donors (Lipinski definition) is 1. The summed E-state index contributed by atoms with van der Waals surface area (Å²) in [6.45, 7) is 3.66. The molecule has 1 amide bonds. The Bertz CT molecular complexity index is 969. The predicted molar refractivity (Wildman–Crippen MR) is 96.3 cm³/mol.